The maximum atomic E-state index is 11.1. The lowest BCUT2D eigenvalue weighted by atomic mass is 9.74. The third kappa shape index (κ3) is 1.89. The highest BCUT2D eigenvalue weighted by atomic mass is 32.1. The topological polar surface area (TPSA) is 23.5 Å². The zero-order chi connectivity index (χ0) is 12.9. The summed E-state index contributed by atoms with van der Waals surface area (Å²) in [6.45, 7) is 3.15. The van der Waals surface area contributed by atoms with Crippen molar-refractivity contribution in [1.29, 1.82) is 0 Å². The van der Waals surface area contributed by atoms with Crippen molar-refractivity contribution in [2.75, 3.05) is 19.6 Å². The first-order valence-electron chi connectivity index (χ1n) is 6.85. The smallest absolute Gasteiger partial charge is 0.114 e. The lowest BCUT2D eigenvalue weighted by molar-refractivity contribution is -0.115. The molecular formula is C15H17NOS2. The zero-order valence-corrected chi connectivity index (χ0v) is 12.3. The predicted molar refractivity (Wildman–Crippen MR) is 80.7 cm³/mol. The molecule has 2 aromatic heterocycles. The van der Waals surface area contributed by atoms with Gasteiger partial charge in [-0.05, 0) is 55.4 Å². The summed E-state index contributed by atoms with van der Waals surface area (Å²) in [5.74, 6) is 0.451. The van der Waals surface area contributed by atoms with Crippen LogP contribution >= 0.6 is 22.7 Å². The van der Waals surface area contributed by atoms with E-state index in [1.54, 1.807) is 22.7 Å². The minimum absolute atomic E-state index is 0.451. The second-order valence-corrected chi connectivity index (χ2v) is 7.65. The van der Waals surface area contributed by atoms with Crippen molar-refractivity contribution in [3.05, 3.63) is 34.5 Å². The van der Waals surface area contributed by atoms with Crippen molar-refractivity contribution in [2.24, 2.45) is 5.92 Å². The molecule has 0 radical (unpaired) electrons. The van der Waals surface area contributed by atoms with Crippen LogP contribution in [0.5, 0.6) is 0 Å². The molecule has 2 nitrogen and oxygen atoms in total. The molecule has 1 N–H and O–H groups in total. The molecule has 0 amide bonds. The van der Waals surface area contributed by atoms with Crippen LogP contribution in [-0.2, 0) is 5.60 Å². The van der Waals surface area contributed by atoms with Crippen molar-refractivity contribution < 1.29 is 5.11 Å². The van der Waals surface area contributed by atoms with E-state index in [9.17, 15) is 5.11 Å². The van der Waals surface area contributed by atoms with Gasteiger partial charge in [-0.3, -0.25) is 0 Å². The highest BCUT2D eigenvalue weighted by Gasteiger charge is 2.47. The van der Waals surface area contributed by atoms with Crippen LogP contribution in [0.2, 0.25) is 0 Å². The molecule has 4 heteroatoms. The Labute approximate surface area is 121 Å². The lowest BCUT2D eigenvalue weighted by Crippen LogP contribution is -2.56. The molecule has 2 bridgehead atoms. The fourth-order valence-corrected chi connectivity index (χ4v) is 5.44. The van der Waals surface area contributed by atoms with Crippen molar-refractivity contribution in [2.45, 2.75) is 18.4 Å². The van der Waals surface area contributed by atoms with E-state index >= 15 is 0 Å². The number of nitrogens with zero attached hydrogens (tertiary/aromatic N) is 1. The Morgan fingerprint density at radius 2 is 2.00 bits per heavy atom. The molecule has 3 aliphatic rings. The van der Waals surface area contributed by atoms with Gasteiger partial charge in [-0.2, -0.15) is 0 Å². The average molecular weight is 291 g/mol. The molecule has 100 valence electrons. The molecule has 1 atom stereocenters. The van der Waals surface area contributed by atoms with Gasteiger partial charge in [0.05, 0.1) is 0 Å². The summed E-state index contributed by atoms with van der Waals surface area (Å²) < 4.78 is 0. The van der Waals surface area contributed by atoms with Crippen molar-refractivity contribution in [3.63, 3.8) is 0 Å². The van der Waals surface area contributed by atoms with Crippen LogP contribution in [-0.4, -0.2) is 29.6 Å². The number of piperidine rings is 3. The highest BCUT2D eigenvalue weighted by molar-refractivity contribution is 7.21. The minimum Gasteiger partial charge on any atom is -0.383 e. The summed E-state index contributed by atoms with van der Waals surface area (Å²) in [6, 6.07) is 8.55. The summed E-state index contributed by atoms with van der Waals surface area (Å²) >= 11 is 3.54. The number of fused-ring (bicyclic) bond motifs is 3. The van der Waals surface area contributed by atoms with Crippen LogP contribution < -0.4 is 0 Å². The molecule has 5 heterocycles. The van der Waals surface area contributed by atoms with Crippen molar-refractivity contribution >= 4 is 22.7 Å². The standard InChI is InChI=1S/C15H17NOS2/c17-15(10-16-7-5-11(15)6-8-16)14-4-3-13(19-14)12-2-1-9-18-12/h1-4,9,11,17H,5-8,10H2/t15-/m0/s1. The maximum Gasteiger partial charge on any atom is 0.114 e. The van der Waals surface area contributed by atoms with E-state index in [1.165, 1.54) is 9.75 Å². The molecule has 5 rings (SSSR count). The Bertz CT molecular complexity index is 569. The van der Waals surface area contributed by atoms with E-state index in [0.717, 1.165) is 37.4 Å². The Morgan fingerprint density at radius 3 is 2.63 bits per heavy atom. The summed E-state index contributed by atoms with van der Waals surface area (Å²) in [5, 5.41) is 13.2. The van der Waals surface area contributed by atoms with E-state index in [-0.39, 0.29) is 0 Å². The first kappa shape index (κ1) is 12.1. The van der Waals surface area contributed by atoms with Gasteiger partial charge in [-0.15, -0.1) is 22.7 Å². The maximum absolute atomic E-state index is 11.1. The zero-order valence-electron chi connectivity index (χ0n) is 10.7. The van der Waals surface area contributed by atoms with Crippen LogP contribution in [0.15, 0.2) is 29.6 Å². The van der Waals surface area contributed by atoms with E-state index in [0.29, 0.717) is 5.92 Å². The molecule has 3 aliphatic heterocycles. The number of hydrogen-bond donors (Lipinski definition) is 1. The molecule has 0 aromatic carbocycles. The van der Waals surface area contributed by atoms with Gasteiger partial charge in [0.15, 0.2) is 0 Å². The molecule has 3 fully saturated rings. The van der Waals surface area contributed by atoms with Gasteiger partial charge in [0, 0.05) is 21.2 Å². The van der Waals surface area contributed by atoms with Gasteiger partial charge in [-0.25, -0.2) is 0 Å². The molecule has 19 heavy (non-hydrogen) atoms. The van der Waals surface area contributed by atoms with E-state index < -0.39 is 5.60 Å². The van der Waals surface area contributed by atoms with Gasteiger partial charge in [0.25, 0.3) is 0 Å². The van der Waals surface area contributed by atoms with Crippen LogP contribution in [0.4, 0.5) is 0 Å². The van der Waals surface area contributed by atoms with Gasteiger partial charge >= 0.3 is 0 Å². The minimum atomic E-state index is -0.601. The van der Waals surface area contributed by atoms with Gasteiger partial charge in [-0.1, -0.05) is 6.07 Å². The second kappa shape index (κ2) is 4.42. The summed E-state index contributed by atoms with van der Waals surface area (Å²) in [4.78, 5) is 6.16. The van der Waals surface area contributed by atoms with Crippen molar-refractivity contribution in [1.82, 2.24) is 4.90 Å². The fraction of sp³-hybridized carbons (Fsp3) is 0.467. The summed E-state index contributed by atoms with van der Waals surface area (Å²) in [7, 11) is 0. The van der Waals surface area contributed by atoms with E-state index in [1.807, 2.05) is 0 Å². The Balaban J connectivity index is 1.69. The average Bonchev–Trinajstić information content (AvgIpc) is 3.11. The lowest BCUT2D eigenvalue weighted by Gasteiger charge is -2.50. The number of aliphatic hydroxyl groups is 1. The SMILES string of the molecule is O[C@@]1(c2ccc(-c3cccs3)s2)CN2CCC1CC2. The van der Waals surface area contributed by atoms with E-state index in [2.05, 4.69) is 34.5 Å². The number of rotatable bonds is 2. The predicted octanol–water partition coefficient (Wildman–Crippen LogP) is 3.39. The monoisotopic (exact) mass is 291 g/mol. The Morgan fingerprint density at radius 1 is 1.16 bits per heavy atom. The molecule has 0 aliphatic carbocycles. The van der Waals surface area contributed by atoms with Crippen LogP contribution in [0, 0.1) is 5.92 Å². The van der Waals surface area contributed by atoms with Crippen LogP contribution in [0.3, 0.4) is 0 Å². The molecular weight excluding hydrogens is 274 g/mol. The Kier molecular flexibility index (Phi) is 2.81. The summed E-state index contributed by atoms with van der Waals surface area (Å²) in [5.41, 5.74) is -0.601. The normalized spacial score (nSPS) is 33.7. The summed E-state index contributed by atoms with van der Waals surface area (Å²) in [6.07, 6.45) is 2.28. The van der Waals surface area contributed by atoms with Gasteiger partial charge < -0.3 is 10.0 Å². The number of thiophene rings is 2. The third-order valence-electron chi connectivity index (χ3n) is 4.52. The number of hydrogen-bond acceptors (Lipinski definition) is 4. The quantitative estimate of drug-likeness (QED) is 0.917. The first-order chi connectivity index (χ1) is 9.25. The molecule has 0 saturated carbocycles. The second-order valence-electron chi connectivity index (χ2n) is 5.62. The highest BCUT2D eigenvalue weighted by Crippen LogP contribution is 2.46. The largest absolute Gasteiger partial charge is 0.383 e. The molecule has 2 aromatic rings. The Hall–Kier alpha value is -0.680. The van der Waals surface area contributed by atoms with Crippen molar-refractivity contribution in [3.8, 4) is 9.75 Å². The van der Waals surface area contributed by atoms with Gasteiger partial charge in [0.1, 0.15) is 5.60 Å². The third-order valence-corrected chi connectivity index (χ3v) is 6.84. The van der Waals surface area contributed by atoms with Gasteiger partial charge in [0.2, 0.25) is 0 Å². The van der Waals surface area contributed by atoms with Crippen LogP contribution in [0.25, 0.3) is 9.75 Å². The molecule has 0 unspecified atom stereocenters. The first-order valence-corrected chi connectivity index (χ1v) is 8.54. The van der Waals surface area contributed by atoms with E-state index in [4.69, 9.17) is 0 Å². The molecule has 3 saturated heterocycles. The van der Waals surface area contributed by atoms with Crippen LogP contribution in [0.1, 0.15) is 17.7 Å². The fourth-order valence-electron chi connectivity index (χ4n) is 3.44. The molecule has 0 spiro atoms.